The lowest BCUT2D eigenvalue weighted by atomic mass is 10.0. The van der Waals surface area contributed by atoms with Gasteiger partial charge in [-0.2, -0.15) is 23.3 Å². The number of imidazole rings is 1. The van der Waals surface area contributed by atoms with E-state index >= 15 is 0 Å². The Labute approximate surface area is 241 Å². The van der Waals surface area contributed by atoms with E-state index in [1.165, 1.54) is 22.6 Å². The third kappa shape index (κ3) is 5.75. The van der Waals surface area contributed by atoms with Crippen LogP contribution in [-0.4, -0.2) is 48.2 Å². The number of nitrogens with one attached hydrogen (secondary N) is 3. The van der Waals surface area contributed by atoms with E-state index in [1.54, 1.807) is 36.4 Å². The molecule has 4 aromatic heterocycles. The molecule has 43 heavy (non-hydrogen) atoms. The predicted molar refractivity (Wildman–Crippen MR) is 154 cm³/mol. The number of amides is 1. The lowest BCUT2D eigenvalue weighted by Crippen LogP contribution is -2.33. The molecule has 0 spiro atoms. The summed E-state index contributed by atoms with van der Waals surface area (Å²) in [6.07, 6.45) is -2.06. The zero-order valence-corrected chi connectivity index (χ0v) is 22.8. The average Bonchev–Trinajstić information content (AvgIpc) is 3.55. The van der Waals surface area contributed by atoms with E-state index in [-0.39, 0.29) is 11.4 Å². The molecule has 5 N–H and O–H groups in total. The second-order valence-corrected chi connectivity index (χ2v) is 9.81. The van der Waals surface area contributed by atoms with Crippen LogP contribution in [0.2, 0.25) is 0 Å². The van der Waals surface area contributed by atoms with Gasteiger partial charge >= 0.3 is 6.18 Å². The van der Waals surface area contributed by atoms with Crippen molar-refractivity contribution in [1.82, 2.24) is 34.9 Å². The summed E-state index contributed by atoms with van der Waals surface area (Å²) in [7, 11) is 0. The number of H-pyrrole nitrogens is 1. The molecule has 4 heterocycles. The Kier molecular flexibility index (Phi) is 6.80. The van der Waals surface area contributed by atoms with Gasteiger partial charge in [0.1, 0.15) is 29.7 Å². The van der Waals surface area contributed by atoms with Crippen molar-refractivity contribution in [1.29, 1.82) is 0 Å². The standard InChI is InChI=1S/C29H24F3N9O2/c1-15-3-8-19(11-16(15)2)43-22-10-9-21-26(39-22)40-28(38-21)37-18-6-4-17(5-7-18)23-20(27(42)34-13-29(30,31)32)12-41-24(23)25(33)35-14-36-41/h3-12,14H,13H2,1-2H3,(H,34,42)(H2,33,35,36)(H2,37,38,39,40). The van der Waals surface area contributed by atoms with Crippen LogP contribution >= 0.6 is 0 Å². The summed E-state index contributed by atoms with van der Waals surface area (Å²) in [6, 6.07) is 16.2. The summed E-state index contributed by atoms with van der Waals surface area (Å²) in [5.74, 6) is 0.664. The second kappa shape index (κ2) is 10.6. The Morgan fingerprint density at radius 1 is 1.05 bits per heavy atom. The molecule has 0 aliphatic rings. The number of nitrogens with zero attached hydrogens (tertiary/aromatic N) is 5. The Morgan fingerprint density at radius 3 is 2.58 bits per heavy atom. The fourth-order valence-electron chi connectivity index (χ4n) is 4.52. The molecule has 0 aliphatic carbocycles. The van der Waals surface area contributed by atoms with Gasteiger partial charge in [-0.15, -0.1) is 0 Å². The molecule has 2 aromatic carbocycles. The van der Waals surface area contributed by atoms with E-state index in [9.17, 15) is 18.0 Å². The number of hydrogen-bond acceptors (Lipinski definition) is 8. The van der Waals surface area contributed by atoms with Crippen molar-refractivity contribution in [3.63, 3.8) is 0 Å². The Balaban J connectivity index is 1.24. The van der Waals surface area contributed by atoms with Crippen LogP contribution in [0, 0.1) is 13.8 Å². The van der Waals surface area contributed by atoms with Gasteiger partial charge in [0.25, 0.3) is 5.91 Å². The molecule has 0 bridgehead atoms. The molecule has 0 saturated carbocycles. The van der Waals surface area contributed by atoms with E-state index in [2.05, 4.69) is 30.4 Å². The first-order valence-corrected chi connectivity index (χ1v) is 13.0. The minimum absolute atomic E-state index is 0.0284. The fraction of sp³-hybridized carbons (Fsp3) is 0.138. The summed E-state index contributed by atoms with van der Waals surface area (Å²) in [5.41, 5.74) is 11.2. The van der Waals surface area contributed by atoms with Gasteiger partial charge in [0.05, 0.1) is 5.56 Å². The Morgan fingerprint density at radius 2 is 1.84 bits per heavy atom. The van der Waals surface area contributed by atoms with E-state index in [0.717, 1.165) is 5.56 Å². The number of fused-ring (bicyclic) bond motifs is 2. The molecule has 0 fully saturated rings. The molecule has 0 radical (unpaired) electrons. The molecule has 0 aliphatic heterocycles. The number of halogens is 3. The van der Waals surface area contributed by atoms with Crippen molar-refractivity contribution < 1.29 is 22.7 Å². The number of anilines is 3. The van der Waals surface area contributed by atoms with Crippen molar-refractivity contribution in [3.05, 3.63) is 83.8 Å². The molecule has 1 amide bonds. The van der Waals surface area contributed by atoms with Gasteiger partial charge in [0, 0.05) is 23.5 Å². The van der Waals surface area contributed by atoms with Crippen molar-refractivity contribution in [3.8, 4) is 22.8 Å². The van der Waals surface area contributed by atoms with Crippen molar-refractivity contribution in [2.45, 2.75) is 20.0 Å². The van der Waals surface area contributed by atoms with Crippen LogP contribution < -0.4 is 21.1 Å². The molecule has 218 valence electrons. The molecule has 6 rings (SSSR count). The number of aryl methyl sites for hydroxylation is 2. The summed E-state index contributed by atoms with van der Waals surface area (Å²) in [6.45, 7) is 2.56. The van der Waals surface area contributed by atoms with Crippen molar-refractivity contribution >= 4 is 40.0 Å². The number of benzene rings is 2. The van der Waals surface area contributed by atoms with Gasteiger partial charge in [-0.25, -0.2) is 14.5 Å². The Bertz CT molecular complexity index is 1980. The highest BCUT2D eigenvalue weighted by Crippen LogP contribution is 2.34. The lowest BCUT2D eigenvalue weighted by molar-refractivity contribution is -0.123. The van der Waals surface area contributed by atoms with Crippen LogP contribution in [0.1, 0.15) is 21.5 Å². The average molecular weight is 588 g/mol. The smallest absolute Gasteiger partial charge is 0.405 e. The molecule has 0 unspecified atom stereocenters. The first kappa shape index (κ1) is 27.5. The van der Waals surface area contributed by atoms with Gasteiger partial charge in [-0.1, -0.05) is 18.2 Å². The normalized spacial score (nSPS) is 11.7. The third-order valence-corrected chi connectivity index (χ3v) is 6.75. The number of alkyl halides is 3. The summed E-state index contributed by atoms with van der Waals surface area (Å²) in [4.78, 5) is 28.9. The van der Waals surface area contributed by atoms with Crippen LogP contribution in [0.15, 0.2) is 67.1 Å². The highest BCUT2D eigenvalue weighted by atomic mass is 19.4. The van der Waals surface area contributed by atoms with Gasteiger partial charge in [0.2, 0.25) is 11.8 Å². The summed E-state index contributed by atoms with van der Waals surface area (Å²) >= 11 is 0. The zero-order valence-electron chi connectivity index (χ0n) is 22.8. The first-order chi connectivity index (χ1) is 20.5. The minimum atomic E-state index is -4.57. The largest absolute Gasteiger partial charge is 0.439 e. The van der Waals surface area contributed by atoms with E-state index in [0.29, 0.717) is 51.1 Å². The van der Waals surface area contributed by atoms with Crippen LogP contribution in [0.25, 0.3) is 27.8 Å². The molecule has 11 nitrogen and oxygen atoms in total. The number of carbonyl (C=O) groups is 1. The van der Waals surface area contributed by atoms with E-state index in [1.807, 2.05) is 37.4 Å². The van der Waals surface area contributed by atoms with Crippen LogP contribution in [-0.2, 0) is 0 Å². The van der Waals surface area contributed by atoms with Crippen LogP contribution in [0.3, 0.4) is 0 Å². The summed E-state index contributed by atoms with van der Waals surface area (Å²) < 4.78 is 45.5. The second-order valence-electron chi connectivity index (χ2n) is 9.81. The monoisotopic (exact) mass is 587 g/mol. The molecular weight excluding hydrogens is 563 g/mol. The number of pyridine rings is 1. The molecule has 0 saturated heterocycles. The van der Waals surface area contributed by atoms with Gasteiger partial charge < -0.3 is 26.1 Å². The number of ether oxygens (including phenoxy) is 1. The molecule has 0 atom stereocenters. The number of carbonyl (C=O) groups excluding carboxylic acids is 1. The SMILES string of the molecule is Cc1ccc(Oc2ccc3nc(Nc4ccc(-c5c(C(=O)NCC(F)(F)F)cn6ncnc(N)c56)cc4)[nH]c3n2)cc1C. The quantitative estimate of drug-likeness (QED) is 0.186. The number of nitrogens with two attached hydrogens (primary N) is 1. The molecular formula is C29H24F3N9O2. The zero-order chi connectivity index (χ0) is 30.3. The number of aromatic amines is 1. The maximum absolute atomic E-state index is 12.8. The highest BCUT2D eigenvalue weighted by Gasteiger charge is 2.29. The number of hydrogen-bond donors (Lipinski definition) is 4. The maximum atomic E-state index is 12.8. The van der Waals surface area contributed by atoms with E-state index in [4.69, 9.17) is 10.5 Å². The van der Waals surface area contributed by atoms with Gasteiger partial charge in [-0.05, 0) is 60.9 Å². The minimum Gasteiger partial charge on any atom is -0.439 e. The van der Waals surface area contributed by atoms with Crippen molar-refractivity contribution in [2.24, 2.45) is 0 Å². The maximum Gasteiger partial charge on any atom is 0.405 e. The topological polar surface area (TPSA) is 148 Å². The summed E-state index contributed by atoms with van der Waals surface area (Å²) in [5, 5.41) is 9.12. The molecule has 6 aromatic rings. The van der Waals surface area contributed by atoms with Crippen molar-refractivity contribution in [2.75, 3.05) is 17.6 Å². The van der Waals surface area contributed by atoms with E-state index < -0.39 is 18.6 Å². The van der Waals surface area contributed by atoms with Crippen LogP contribution in [0.4, 0.5) is 30.6 Å². The number of rotatable bonds is 7. The number of nitrogen functional groups attached to an aromatic ring is 1. The fourth-order valence-corrected chi connectivity index (χ4v) is 4.52. The lowest BCUT2D eigenvalue weighted by Gasteiger charge is -2.10. The first-order valence-electron chi connectivity index (χ1n) is 13.0. The highest BCUT2D eigenvalue weighted by molar-refractivity contribution is 6.07. The Hall–Kier alpha value is -5.66. The van der Waals surface area contributed by atoms with Gasteiger partial charge in [-0.3, -0.25) is 4.79 Å². The third-order valence-electron chi connectivity index (χ3n) is 6.75. The predicted octanol–water partition coefficient (Wildman–Crippen LogP) is 5.69. The molecule has 14 heteroatoms. The van der Waals surface area contributed by atoms with Gasteiger partial charge in [0.15, 0.2) is 11.5 Å². The number of aromatic nitrogens is 6. The van der Waals surface area contributed by atoms with Crippen LogP contribution in [0.5, 0.6) is 11.6 Å².